The highest BCUT2D eigenvalue weighted by atomic mass is 79.9. The van der Waals surface area contributed by atoms with Crippen molar-refractivity contribution in [2.24, 2.45) is 0 Å². The fourth-order valence-electron chi connectivity index (χ4n) is 2.05. The Labute approximate surface area is 140 Å². The van der Waals surface area contributed by atoms with Crippen LogP contribution in [0.1, 0.15) is 0 Å². The van der Waals surface area contributed by atoms with Gasteiger partial charge in [-0.05, 0) is 34.1 Å². The summed E-state index contributed by atoms with van der Waals surface area (Å²) in [6.07, 6.45) is 0. The summed E-state index contributed by atoms with van der Waals surface area (Å²) < 4.78 is 33.2. The maximum atomic E-state index is 12.8. The van der Waals surface area contributed by atoms with Crippen molar-refractivity contribution in [3.8, 4) is 0 Å². The predicted octanol–water partition coefficient (Wildman–Crippen LogP) is 1.35. The molecule has 0 radical (unpaired) electrons. The summed E-state index contributed by atoms with van der Waals surface area (Å²) >= 11 is 6.51. The van der Waals surface area contributed by atoms with Gasteiger partial charge in [-0.3, -0.25) is 4.79 Å². The lowest BCUT2D eigenvalue weighted by Gasteiger charge is -2.33. The molecule has 6 nitrogen and oxygen atoms in total. The molecule has 0 aromatic heterocycles. The molecule has 1 aromatic rings. The first kappa shape index (κ1) is 16.9. The SMILES string of the molecule is CNC(=O)C1COCCN1S(=O)(=O)c1cc(Br)ccc1Br. The Morgan fingerprint density at radius 1 is 1.43 bits per heavy atom. The maximum Gasteiger partial charge on any atom is 0.245 e. The molecular weight excluding hydrogens is 428 g/mol. The van der Waals surface area contributed by atoms with Crippen LogP contribution in [0.25, 0.3) is 0 Å². The molecule has 1 aliphatic rings. The van der Waals surface area contributed by atoms with E-state index in [1.807, 2.05) is 0 Å². The van der Waals surface area contributed by atoms with Crippen LogP contribution in [0.3, 0.4) is 0 Å². The number of morpholine rings is 1. The number of nitrogens with one attached hydrogen (secondary N) is 1. The summed E-state index contributed by atoms with van der Waals surface area (Å²) in [6.45, 7) is 0.447. The van der Waals surface area contributed by atoms with Crippen LogP contribution in [0.4, 0.5) is 0 Å². The zero-order chi connectivity index (χ0) is 15.6. The third-order valence-electron chi connectivity index (χ3n) is 3.11. The molecule has 0 spiro atoms. The molecule has 0 saturated carbocycles. The number of amides is 1. The van der Waals surface area contributed by atoms with Crippen molar-refractivity contribution in [3.63, 3.8) is 0 Å². The molecule has 1 fully saturated rings. The summed E-state index contributed by atoms with van der Waals surface area (Å²) in [5.41, 5.74) is 0. The second-order valence-electron chi connectivity index (χ2n) is 4.40. The van der Waals surface area contributed by atoms with Crippen LogP contribution >= 0.6 is 31.9 Å². The summed E-state index contributed by atoms with van der Waals surface area (Å²) in [5.74, 6) is -0.385. The van der Waals surface area contributed by atoms with Gasteiger partial charge in [-0.1, -0.05) is 15.9 Å². The number of sulfonamides is 1. The third kappa shape index (κ3) is 3.48. The molecular formula is C12H14Br2N2O4S. The lowest BCUT2D eigenvalue weighted by atomic mass is 10.2. The van der Waals surface area contributed by atoms with Gasteiger partial charge in [0.15, 0.2) is 0 Å². The van der Waals surface area contributed by atoms with Crippen LogP contribution in [-0.4, -0.2) is 51.5 Å². The van der Waals surface area contributed by atoms with Gasteiger partial charge in [0, 0.05) is 22.5 Å². The first-order valence-corrected chi connectivity index (χ1v) is 9.16. The Morgan fingerprint density at radius 2 is 2.14 bits per heavy atom. The van der Waals surface area contributed by atoms with Crippen molar-refractivity contribution in [2.75, 3.05) is 26.8 Å². The number of nitrogens with zero attached hydrogens (tertiary/aromatic N) is 1. The summed E-state index contributed by atoms with van der Waals surface area (Å²) in [5, 5.41) is 2.47. The predicted molar refractivity (Wildman–Crippen MR) is 84.4 cm³/mol. The van der Waals surface area contributed by atoms with Gasteiger partial charge in [-0.25, -0.2) is 8.42 Å². The van der Waals surface area contributed by atoms with Crippen LogP contribution in [0.2, 0.25) is 0 Å². The number of hydrogen-bond donors (Lipinski definition) is 1. The first-order chi connectivity index (χ1) is 9.87. The standard InChI is InChI=1S/C12H14Br2N2O4S/c1-15-12(17)10-7-20-5-4-16(10)21(18,19)11-6-8(13)2-3-9(11)14/h2-3,6,10H,4-5,7H2,1H3,(H,15,17). The van der Waals surface area contributed by atoms with Gasteiger partial charge in [0.2, 0.25) is 15.9 Å². The van der Waals surface area contributed by atoms with Gasteiger partial charge in [-0.15, -0.1) is 0 Å². The van der Waals surface area contributed by atoms with E-state index in [4.69, 9.17) is 4.74 Å². The van der Waals surface area contributed by atoms with E-state index in [-0.39, 0.29) is 30.6 Å². The van der Waals surface area contributed by atoms with E-state index >= 15 is 0 Å². The fourth-order valence-corrected chi connectivity index (χ4v) is 5.07. The third-order valence-corrected chi connectivity index (χ3v) is 6.50. The molecule has 1 unspecified atom stereocenters. The average Bonchev–Trinajstić information content (AvgIpc) is 2.48. The molecule has 0 bridgehead atoms. The Balaban J connectivity index is 2.45. The molecule has 1 saturated heterocycles. The van der Waals surface area contributed by atoms with Crippen molar-refractivity contribution in [3.05, 3.63) is 27.1 Å². The molecule has 1 atom stereocenters. The van der Waals surface area contributed by atoms with Gasteiger partial charge in [0.1, 0.15) is 6.04 Å². The molecule has 2 rings (SSSR count). The van der Waals surface area contributed by atoms with Crippen LogP contribution in [0.15, 0.2) is 32.0 Å². The Hall–Kier alpha value is -0.480. The van der Waals surface area contributed by atoms with Gasteiger partial charge in [-0.2, -0.15) is 4.31 Å². The minimum absolute atomic E-state index is 0.0462. The number of hydrogen-bond acceptors (Lipinski definition) is 4. The van der Waals surface area contributed by atoms with E-state index < -0.39 is 16.1 Å². The van der Waals surface area contributed by atoms with Gasteiger partial charge < -0.3 is 10.1 Å². The van der Waals surface area contributed by atoms with E-state index in [2.05, 4.69) is 37.2 Å². The van der Waals surface area contributed by atoms with E-state index in [0.29, 0.717) is 8.95 Å². The second-order valence-corrected chi connectivity index (χ2v) is 8.02. The smallest absolute Gasteiger partial charge is 0.245 e. The van der Waals surface area contributed by atoms with E-state index in [0.717, 1.165) is 0 Å². The number of rotatable bonds is 3. The molecule has 21 heavy (non-hydrogen) atoms. The highest BCUT2D eigenvalue weighted by molar-refractivity contribution is 9.11. The minimum Gasteiger partial charge on any atom is -0.378 e. The quantitative estimate of drug-likeness (QED) is 0.768. The number of carbonyl (C=O) groups is 1. The number of ether oxygens (including phenoxy) is 1. The normalized spacial score (nSPS) is 20.2. The number of halogens is 2. The van der Waals surface area contributed by atoms with Crippen molar-refractivity contribution in [2.45, 2.75) is 10.9 Å². The number of carbonyl (C=O) groups excluding carboxylic acids is 1. The molecule has 9 heteroatoms. The first-order valence-electron chi connectivity index (χ1n) is 6.14. The van der Waals surface area contributed by atoms with Crippen molar-refractivity contribution in [1.29, 1.82) is 0 Å². The van der Waals surface area contributed by atoms with Crippen LogP contribution in [0.5, 0.6) is 0 Å². The molecule has 116 valence electrons. The summed E-state index contributed by atoms with van der Waals surface area (Å²) in [7, 11) is -2.33. The van der Waals surface area contributed by atoms with Crippen LogP contribution in [0, 0.1) is 0 Å². The van der Waals surface area contributed by atoms with Crippen molar-refractivity contribution < 1.29 is 17.9 Å². The molecule has 1 aromatic carbocycles. The van der Waals surface area contributed by atoms with Crippen molar-refractivity contribution in [1.82, 2.24) is 9.62 Å². The zero-order valence-electron chi connectivity index (χ0n) is 11.2. The number of likely N-dealkylation sites (N-methyl/N-ethyl adjacent to an activating group) is 1. The highest BCUT2D eigenvalue weighted by Crippen LogP contribution is 2.30. The highest BCUT2D eigenvalue weighted by Gasteiger charge is 2.38. The summed E-state index contributed by atoms with van der Waals surface area (Å²) in [6, 6.07) is 4.03. The molecule has 1 aliphatic heterocycles. The molecule has 1 N–H and O–H groups in total. The van der Waals surface area contributed by atoms with Gasteiger partial charge >= 0.3 is 0 Å². The Bertz CT molecular complexity index is 651. The van der Waals surface area contributed by atoms with E-state index in [9.17, 15) is 13.2 Å². The van der Waals surface area contributed by atoms with E-state index in [1.165, 1.54) is 17.4 Å². The molecule has 1 heterocycles. The summed E-state index contributed by atoms with van der Waals surface area (Å²) in [4.78, 5) is 12.0. The fraction of sp³-hybridized carbons (Fsp3) is 0.417. The monoisotopic (exact) mass is 440 g/mol. The van der Waals surface area contributed by atoms with Crippen molar-refractivity contribution >= 4 is 47.8 Å². The number of benzene rings is 1. The van der Waals surface area contributed by atoms with Gasteiger partial charge in [0.25, 0.3) is 0 Å². The Morgan fingerprint density at radius 3 is 2.81 bits per heavy atom. The largest absolute Gasteiger partial charge is 0.378 e. The minimum atomic E-state index is -3.80. The lowest BCUT2D eigenvalue weighted by molar-refractivity contribution is -0.128. The average molecular weight is 442 g/mol. The topological polar surface area (TPSA) is 75.7 Å². The zero-order valence-corrected chi connectivity index (χ0v) is 15.2. The van der Waals surface area contributed by atoms with E-state index in [1.54, 1.807) is 12.1 Å². The Kier molecular flexibility index (Phi) is 5.42. The van der Waals surface area contributed by atoms with Crippen LogP contribution in [-0.2, 0) is 19.6 Å². The second kappa shape index (κ2) is 6.74. The molecule has 0 aliphatic carbocycles. The lowest BCUT2D eigenvalue weighted by Crippen LogP contribution is -2.55. The molecule has 1 amide bonds. The maximum absolute atomic E-state index is 12.8. The van der Waals surface area contributed by atoms with Crippen LogP contribution < -0.4 is 5.32 Å². The van der Waals surface area contributed by atoms with Gasteiger partial charge in [0.05, 0.1) is 18.1 Å².